The summed E-state index contributed by atoms with van der Waals surface area (Å²) >= 11 is 0. The van der Waals surface area contributed by atoms with Gasteiger partial charge in [-0.15, -0.1) is 0 Å². The van der Waals surface area contributed by atoms with E-state index in [0.717, 1.165) is 4.68 Å². The van der Waals surface area contributed by atoms with Crippen molar-refractivity contribution >= 4 is 32.5 Å². The Morgan fingerprint density at radius 3 is 2.42 bits per heavy atom. The van der Waals surface area contributed by atoms with Crippen molar-refractivity contribution in [3.05, 3.63) is 70.6 Å². The third kappa shape index (κ3) is 4.48. The van der Waals surface area contributed by atoms with Gasteiger partial charge in [-0.3, -0.25) is 9.59 Å². The number of esters is 1. The number of nitrogens with one attached hydrogen (secondary N) is 1. The molecule has 4 rings (SSSR count). The third-order valence-electron chi connectivity index (χ3n) is 4.93. The van der Waals surface area contributed by atoms with Crippen LogP contribution in [0.2, 0.25) is 0 Å². The minimum absolute atomic E-state index is 0.0225. The van der Waals surface area contributed by atoms with Crippen molar-refractivity contribution < 1.29 is 22.7 Å². The maximum atomic E-state index is 12.9. The van der Waals surface area contributed by atoms with E-state index in [1.165, 1.54) is 0 Å². The van der Waals surface area contributed by atoms with E-state index in [1.807, 2.05) is 0 Å². The van der Waals surface area contributed by atoms with Gasteiger partial charge in [0, 0.05) is 11.4 Å². The molecule has 0 bridgehead atoms. The summed E-state index contributed by atoms with van der Waals surface area (Å²) in [6.07, 6.45) is 0.330. The van der Waals surface area contributed by atoms with Gasteiger partial charge in [-0.1, -0.05) is 36.4 Å². The molecule has 31 heavy (non-hydrogen) atoms. The number of fused-ring (bicyclic) bond motifs is 1. The molecule has 1 atom stereocenters. The first-order chi connectivity index (χ1) is 14.8. The zero-order chi connectivity index (χ0) is 22.0. The lowest BCUT2D eigenvalue weighted by atomic mass is 10.1. The number of aromatic nitrogens is 2. The molecule has 1 fully saturated rings. The fourth-order valence-corrected chi connectivity index (χ4v) is 5.14. The summed E-state index contributed by atoms with van der Waals surface area (Å²) in [7, 11) is -3.14. The van der Waals surface area contributed by atoms with Crippen molar-refractivity contribution in [3.63, 3.8) is 0 Å². The van der Waals surface area contributed by atoms with Gasteiger partial charge in [0.05, 0.1) is 22.6 Å². The maximum Gasteiger partial charge on any atom is 0.359 e. The highest BCUT2D eigenvalue weighted by molar-refractivity contribution is 7.91. The second-order valence-electron chi connectivity index (χ2n) is 7.19. The first kappa shape index (κ1) is 20.7. The molecule has 1 N–H and O–H groups in total. The fraction of sp³-hybridized carbons (Fsp3) is 0.238. The van der Waals surface area contributed by atoms with Crippen LogP contribution in [0.1, 0.15) is 16.9 Å². The third-order valence-corrected chi connectivity index (χ3v) is 6.70. The molecule has 10 heteroatoms. The molecule has 0 saturated carbocycles. The van der Waals surface area contributed by atoms with Crippen molar-refractivity contribution in [2.75, 3.05) is 18.1 Å². The van der Waals surface area contributed by atoms with E-state index in [2.05, 4.69) is 10.4 Å². The molecule has 160 valence electrons. The Bertz CT molecular complexity index is 1320. The van der Waals surface area contributed by atoms with Crippen LogP contribution in [0.15, 0.2) is 59.4 Å². The summed E-state index contributed by atoms with van der Waals surface area (Å²) in [5, 5.41) is 7.34. The molecule has 9 nitrogen and oxygen atoms in total. The van der Waals surface area contributed by atoms with E-state index in [0.29, 0.717) is 17.5 Å². The number of carbonyl (C=O) groups excluding carboxylic acids is 2. The molecule has 1 aromatic heterocycles. The molecule has 0 unspecified atom stereocenters. The number of rotatable bonds is 5. The van der Waals surface area contributed by atoms with Crippen molar-refractivity contribution in [3.8, 4) is 5.69 Å². The topological polar surface area (TPSA) is 124 Å². The van der Waals surface area contributed by atoms with Crippen LogP contribution >= 0.6 is 0 Å². The number of hydrogen-bond donors (Lipinski definition) is 1. The fourth-order valence-electron chi connectivity index (χ4n) is 3.46. The predicted octanol–water partition coefficient (Wildman–Crippen LogP) is 0.846. The van der Waals surface area contributed by atoms with Crippen molar-refractivity contribution in [1.29, 1.82) is 0 Å². The zero-order valence-electron chi connectivity index (χ0n) is 16.4. The number of hydrogen-bond acceptors (Lipinski definition) is 7. The molecule has 0 aliphatic carbocycles. The van der Waals surface area contributed by atoms with E-state index >= 15 is 0 Å². The second kappa shape index (κ2) is 8.31. The van der Waals surface area contributed by atoms with Crippen LogP contribution in [0.25, 0.3) is 16.5 Å². The number of para-hydroxylation sites is 1. The molecule has 0 radical (unpaired) electrons. The highest BCUT2D eigenvalue weighted by Gasteiger charge is 2.29. The van der Waals surface area contributed by atoms with E-state index in [1.54, 1.807) is 54.6 Å². The van der Waals surface area contributed by atoms with Crippen LogP contribution in [-0.2, 0) is 19.4 Å². The smallest absolute Gasteiger partial charge is 0.359 e. The van der Waals surface area contributed by atoms with Crippen LogP contribution in [0.4, 0.5) is 0 Å². The van der Waals surface area contributed by atoms with Crippen molar-refractivity contribution in [1.82, 2.24) is 15.1 Å². The van der Waals surface area contributed by atoms with Gasteiger partial charge in [0.1, 0.15) is 0 Å². The molecule has 1 aliphatic heterocycles. The van der Waals surface area contributed by atoms with Gasteiger partial charge in [0.15, 0.2) is 22.1 Å². The van der Waals surface area contributed by atoms with E-state index in [4.69, 9.17) is 4.74 Å². The first-order valence-electron chi connectivity index (χ1n) is 9.58. The van der Waals surface area contributed by atoms with Gasteiger partial charge in [-0.25, -0.2) is 13.2 Å². The number of amides is 1. The number of nitrogens with zero attached hydrogens (tertiary/aromatic N) is 2. The molecular formula is C21H19N3O6S. The Morgan fingerprint density at radius 2 is 1.74 bits per heavy atom. The Hall–Kier alpha value is -3.53. The van der Waals surface area contributed by atoms with Crippen molar-refractivity contribution in [2.45, 2.75) is 12.5 Å². The van der Waals surface area contributed by atoms with Gasteiger partial charge in [-0.2, -0.15) is 9.78 Å². The Morgan fingerprint density at radius 1 is 1.06 bits per heavy atom. The summed E-state index contributed by atoms with van der Waals surface area (Å²) in [4.78, 5) is 37.7. The first-order valence-corrected chi connectivity index (χ1v) is 11.4. The number of carbonyl (C=O) groups is 2. The molecular weight excluding hydrogens is 422 g/mol. The van der Waals surface area contributed by atoms with Gasteiger partial charge < -0.3 is 10.1 Å². The molecule has 1 saturated heterocycles. The van der Waals surface area contributed by atoms with Gasteiger partial charge >= 0.3 is 5.97 Å². The predicted molar refractivity (Wildman–Crippen MR) is 113 cm³/mol. The molecule has 2 heterocycles. The summed E-state index contributed by atoms with van der Waals surface area (Å²) in [5.74, 6) is -1.57. The molecule has 3 aromatic rings. The summed E-state index contributed by atoms with van der Waals surface area (Å²) in [6.45, 7) is -0.587. The van der Waals surface area contributed by atoms with Crippen molar-refractivity contribution in [2.24, 2.45) is 0 Å². The zero-order valence-corrected chi connectivity index (χ0v) is 17.2. The standard InChI is InChI=1S/C21H19N3O6S/c25-18(22-14-10-11-31(28,29)13-14)12-30-21(27)19-16-8-4-5-9-17(16)20(26)24(23-19)15-6-2-1-3-7-15/h1-9,14H,10-13H2,(H,22,25)/t14-/m1/s1. The summed E-state index contributed by atoms with van der Waals surface area (Å²) < 4.78 is 29.2. The van der Waals surface area contributed by atoms with E-state index in [9.17, 15) is 22.8 Å². The largest absolute Gasteiger partial charge is 0.451 e. The quantitative estimate of drug-likeness (QED) is 0.582. The van der Waals surface area contributed by atoms with E-state index in [-0.39, 0.29) is 22.6 Å². The minimum atomic E-state index is -3.14. The lowest BCUT2D eigenvalue weighted by Gasteiger charge is -2.12. The number of benzene rings is 2. The molecule has 1 amide bonds. The van der Waals surface area contributed by atoms with E-state index < -0.39 is 39.9 Å². The van der Waals surface area contributed by atoms with Gasteiger partial charge in [0.2, 0.25) is 0 Å². The van der Waals surface area contributed by atoms with Gasteiger partial charge in [0.25, 0.3) is 11.5 Å². The monoisotopic (exact) mass is 441 g/mol. The average molecular weight is 441 g/mol. The summed E-state index contributed by atoms with van der Waals surface area (Å²) in [5.41, 5.74) is -0.0127. The molecule has 0 spiro atoms. The lowest BCUT2D eigenvalue weighted by Crippen LogP contribution is -2.38. The van der Waals surface area contributed by atoms with Crippen LogP contribution in [0, 0.1) is 0 Å². The second-order valence-corrected chi connectivity index (χ2v) is 9.42. The number of sulfone groups is 1. The minimum Gasteiger partial charge on any atom is -0.451 e. The lowest BCUT2D eigenvalue weighted by molar-refractivity contribution is -0.124. The highest BCUT2D eigenvalue weighted by atomic mass is 32.2. The number of ether oxygens (including phenoxy) is 1. The van der Waals surface area contributed by atoms with Crippen LogP contribution in [0.3, 0.4) is 0 Å². The summed E-state index contributed by atoms with van der Waals surface area (Å²) in [6, 6.07) is 14.7. The van der Waals surface area contributed by atoms with Crippen LogP contribution < -0.4 is 10.9 Å². The Labute approximate surface area is 177 Å². The molecule has 1 aliphatic rings. The Kier molecular flexibility index (Phi) is 5.55. The van der Waals surface area contributed by atoms with Crippen LogP contribution in [0.5, 0.6) is 0 Å². The highest BCUT2D eigenvalue weighted by Crippen LogP contribution is 2.16. The molecule has 2 aromatic carbocycles. The normalized spacial score (nSPS) is 17.4. The SMILES string of the molecule is O=C(COC(=O)c1nn(-c2ccccc2)c(=O)c2ccccc12)N[C@@H]1CCS(=O)(=O)C1. The van der Waals surface area contributed by atoms with Gasteiger partial charge in [-0.05, 0) is 24.6 Å². The maximum absolute atomic E-state index is 12.9. The average Bonchev–Trinajstić information content (AvgIpc) is 3.11. The Balaban J connectivity index is 1.57. The van der Waals surface area contributed by atoms with Crippen LogP contribution in [-0.4, -0.2) is 54.2 Å².